The molecule has 5 fully saturated rings. The Hall–Kier alpha value is -1.43. The summed E-state index contributed by atoms with van der Waals surface area (Å²) < 4.78 is 0. The van der Waals surface area contributed by atoms with E-state index < -0.39 is 23.9 Å². The largest absolute Gasteiger partial charge is 0.393 e. The summed E-state index contributed by atoms with van der Waals surface area (Å²) in [5.41, 5.74) is 0.269. The molecule has 0 radical (unpaired) electrons. The number of aliphatic hydroxyl groups excluding tert-OH is 1. The highest BCUT2D eigenvalue weighted by Gasteiger charge is 2.80. The van der Waals surface area contributed by atoms with Crippen molar-refractivity contribution in [1.29, 1.82) is 0 Å². The number of carbonyl (C=O) groups is 3. The number of amides is 2. The fourth-order valence-electron chi connectivity index (χ4n) is 12.5. The maximum atomic E-state index is 12.6. The molecule has 0 unspecified atom stereocenters. The second-order valence-corrected chi connectivity index (χ2v) is 16.4. The van der Waals surface area contributed by atoms with E-state index in [4.69, 9.17) is 4.84 Å². The first-order valence-corrected chi connectivity index (χ1v) is 16.2. The van der Waals surface area contributed by atoms with Crippen LogP contribution in [0.25, 0.3) is 0 Å². The van der Waals surface area contributed by atoms with Gasteiger partial charge in [-0.15, -0.1) is 5.06 Å². The molecule has 6 nitrogen and oxygen atoms in total. The van der Waals surface area contributed by atoms with E-state index in [1.807, 2.05) is 0 Å². The highest BCUT2D eigenvalue weighted by Crippen LogP contribution is 2.85. The number of carbonyl (C=O) groups excluding carboxylic acids is 3. The zero-order valence-corrected chi connectivity index (χ0v) is 26.7. The molecule has 2 amide bonds. The third-order valence-electron chi connectivity index (χ3n) is 15.4. The van der Waals surface area contributed by atoms with Gasteiger partial charge in [-0.05, 0) is 95.7 Å². The van der Waals surface area contributed by atoms with Crippen molar-refractivity contribution in [2.45, 2.75) is 139 Å². The molecule has 4 saturated carbocycles. The smallest absolute Gasteiger partial charge is 0.333 e. The molecule has 1 aliphatic heterocycles. The molecule has 11 atom stereocenters. The van der Waals surface area contributed by atoms with Crippen LogP contribution in [0.1, 0.15) is 133 Å². The van der Waals surface area contributed by atoms with Gasteiger partial charge < -0.3 is 9.94 Å². The van der Waals surface area contributed by atoms with Gasteiger partial charge in [-0.1, -0.05) is 68.7 Å². The van der Waals surface area contributed by atoms with Crippen LogP contribution in [-0.4, -0.2) is 34.1 Å². The summed E-state index contributed by atoms with van der Waals surface area (Å²) in [7, 11) is 0. The van der Waals surface area contributed by atoms with Crippen molar-refractivity contribution in [3.05, 3.63) is 0 Å². The maximum Gasteiger partial charge on any atom is 0.333 e. The van der Waals surface area contributed by atoms with E-state index in [1.165, 1.54) is 25.7 Å². The van der Waals surface area contributed by atoms with E-state index in [-0.39, 0.29) is 63.6 Å². The Morgan fingerprint density at radius 1 is 0.925 bits per heavy atom. The lowest BCUT2D eigenvalue weighted by molar-refractivity contribution is -0.331. The third-order valence-corrected chi connectivity index (χ3v) is 15.4. The first-order chi connectivity index (χ1) is 18.4. The van der Waals surface area contributed by atoms with Crippen molar-refractivity contribution >= 4 is 17.8 Å². The molecule has 0 aromatic carbocycles. The predicted molar refractivity (Wildman–Crippen MR) is 154 cm³/mol. The van der Waals surface area contributed by atoms with Gasteiger partial charge in [0, 0.05) is 24.7 Å². The van der Waals surface area contributed by atoms with E-state index in [0.717, 1.165) is 25.2 Å². The lowest BCUT2D eigenvalue weighted by Crippen LogP contribution is -2.75. The van der Waals surface area contributed by atoms with E-state index in [0.29, 0.717) is 17.4 Å². The van der Waals surface area contributed by atoms with Gasteiger partial charge in [0.15, 0.2) is 0 Å². The minimum atomic E-state index is -0.523. The monoisotopic (exact) mass is 557 g/mol. The SMILES string of the molecule is C[C@@H]1CC[C@@]2(C)[C@@](C)(C1)C[C@@H](C)[C@@]1(C)[C@]3(C)CC[C@H]([C@H](C)CCC(=O)ON4C(=O)CCC4=O)[C@@]3(C)[C@@H](O)C[C@]21C. The van der Waals surface area contributed by atoms with Crippen LogP contribution in [0.15, 0.2) is 0 Å². The summed E-state index contributed by atoms with van der Waals surface area (Å²) in [5, 5.41) is 13.0. The molecule has 40 heavy (non-hydrogen) atoms. The van der Waals surface area contributed by atoms with Crippen molar-refractivity contribution in [2.75, 3.05) is 0 Å². The predicted octanol–water partition coefficient (Wildman–Crippen LogP) is 7.08. The minimum absolute atomic E-state index is 0.0248. The van der Waals surface area contributed by atoms with Gasteiger partial charge in [0.2, 0.25) is 0 Å². The van der Waals surface area contributed by atoms with E-state index >= 15 is 0 Å². The topological polar surface area (TPSA) is 83.9 Å². The van der Waals surface area contributed by atoms with Crippen molar-refractivity contribution < 1.29 is 24.3 Å². The molecule has 6 heteroatoms. The number of fused-ring (bicyclic) bond motifs is 5. The molecule has 1 heterocycles. The zero-order chi connectivity index (χ0) is 29.7. The van der Waals surface area contributed by atoms with Gasteiger partial charge in [-0.2, -0.15) is 0 Å². The van der Waals surface area contributed by atoms with Gasteiger partial charge in [0.25, 0.3) is 11.8 Å². The van der Waals surface area contributed by atoms with Crippen LogP contribution in [0.3, 0.4) is 0 Å². The molecule has 1 N–H and O–H groups in total. The van der Waals surface area contributed by atoms with Crippen LogP contribution in [0.2, 0.25) is 0 Å². The summed E-state index contributed by atoms with van der Waals surface area (Å²) in [6.45, 7) is 22.3. The molecular formula is C34H55NO5. The average Bonchev–Trinajstić information content (AvgIpc) is 3.34. The summed E-state index contributed by atoms with van der Waals surface area (Å²) >= 11 is 0. The Balaban J connectivity index is 1.41. The molecule has 0 aromatic rings. The molecular weight excluding hydrogens is 502 g/mol. The number of hydrogen-bond donors (Lipinski definition) is 1. The second-order valence-electron chi connectivity index (χ2n) is 16.4. The summed E-state index contributed by atoms with van der Waals surface area (Å²) in [6.07, 6.45) is 8.63. The van der Waals surface area contributed by atoms with Gasteiger partial charge >= 0.3 is 5.97 Å². The van der Waals surface area contributed by atoms with E-state index in [1.54, 1.807) is 0 Å². The molecule has 0 aromatic heterocycles. The highest BCUT2D eigenvalue weighted by atomic mass is 16.7. The number of rotatable bonds is 5. The van der Waals surface area contributed by atoms with Crippen LogP contribution in [0.5, 0.6) is 0 Å². The molecule has 0 spiro atoms. The number of hydrogen-bond acceptors (Lipinski definition) is 5. The first kappa shape index (κ1) is 30.0. The number of hydroxylamine groups is 2. The van der Waals surface area contributed by atoms with Gasteiger partial charge in [0.1, 0.15) is 0 Å². The standard InChI is InChI=1S/C34H55NO5/c1-21-14-16-30(5)29(4,18-21)19-23(3)34(9)31(6)17-15-24(33(31,8)25(36)20-32(30,34)7)22(2)10-13-28(39)40-35-26(37)11-12-27(35)38/h21-25,36H,10-20H2,1-9H3/t21-,22-,23-,24-,25+,29+,30+,31-,32-,33+,34+/m1/s1. The normalized spacial score (nSPS) is 51.2. The number of imide groups is 1. The fraction of sp³-hybridized carbons (Fsp3) is 0.912. The summed E-state index contributed by atoms with van der Waals surface area (Å²) in [5.74, 6) is 0.412. The van der Waals surface area contributed by atoms with Crippen molar-refractivity contribution in [2.24, 2.45) is 56.2 Å². The molecule has 0 bridgehead atoms. The van der Waals surface area contributed by atoms with Gasteiger partial charge in [-0.25, -0.2) is 4.79 Å². The summed E-state index contributed by atoms with van der Waals surface area (Å²) in [6, 6.07) is 0. The van der Waals surface area contributed by atoms with Crippen molar-refractivity contribution in [3.63, 3.8) is 0 Å². The maximum absolute atomic E-state index is 12.6. The Bertz CT molecular complexity index is 1070. The number of aliphatic hydroxyl groups is 1. The van der Waals surface area contributed by atoms with Crippen molar-refractivity contribution in [1.82, 2.24) is 5.06 Å². The van der Waals surface area contributed by atoms with Gasteiger partial charge in [0.05, 0.1) is 6.10 Å². The Morgan fingerprint density at radius 3 is 2.15 bits per heavy atom. The van der Waals surface area contributed by atoms with E-state index in [9.17, 15) is 19.5 Å². The van der Waals surface area contributed by atoms with Crippen LogP contribution >= 0.6 is 0 Å². The molecule has 226 valence electrons. The molecule has 1 saturated heterocycles. The Kier molecular flexibility index (Phi) is 6.97. The lowest BCUT2D eigenvalue weighted by Gasteiger charge is -2.80. The quantitative estimate of drug-likeness (QED) is 0.365. The molecule has 5 aliphatic rings. The summed E-state index contributed by atoms with van der Waals surface area (Å²) in [4.78, 5) is 41.6. The van der Waals surface area contributed by atoms with Crippen LogP contribution in [-0.2, 0) is 19.2 Å². The first-order valence-electron chi connectivity index (χ1n) is 16.2. The minimum Gasteiger partial charge on any atom is -0.393 e. The third kappa shape index (κ3) is 3.52. The van der Waals surface area contributed by atoms with Crippen LogP contribution in [0.4, 0.5) is 0 Å². The fourth-order valence-corrected chi connectivity index (χ4v) is 12.5. The van der Waals surface area contributed by atoms with Crippen LogP contribution < -0.4 is 0 Å². The van der Waals surface area contributed by atoms with Crippen LogP contribution in [0, 0.1) is 56.2 Å². The average molecular weight is 558 g/mol. The second kappa shape index (κ2) is 9.28. The highest BCUT2D eigenvalue weighted by molar-refractivity contribution is 6.01. The lowest BCUT2D eigenvalue weighted by atomic mass is 9.25. The zero-order valence-electron chi connectivity index (χ0n) is 26.7. The number of nitrogens with zero attached hydrogens (tertiary/aromatic N) is 1. The Labute approximate surface area is 242 Å². The van der Waals surface area contributed by atoms with E-state index in [2.05, 4.69) is 62.3 Å². The molecule has 5 rings (SSSR count). The van der Waals surface area contributed by atoms with Gasteiger partial charge in [-0.3, -0.25) is 9.59 Å². The van der Waals surface area contributed by atoms with Crippen molar-refractivity contribution in [3.8, 4) is 0 Å². The molecule has 4 aliphatic carbocycles. The Morgan fingerprint density at radius 2 is 1.52 bits per heavy atom.